The van der Waals surface area contributed by atoms with Crippen LogP contribution in [0.25, 0.3) is 5.65 Å². The summed E-state index contributed by atoms with van der Waals surface area (Å²) in [5, 5.41) is 4.73. The van der Waals surface area contributed by atoms with Crippen LogP contribution in [0.4, 0.5) is 5.82 Å². The van der Waals surface area contributed by atoms with Crippen molar-refractivity contribution in [3.63, 3.8) is 0 Å². The zero-order valence-electron chi connectivity index (χ0n) is 15.3. The Morgan fingerprint density at radius 3 is 2.92 bits per heavy atom. The number of hydrogen-bond acceptors (Lipinski definition) is 5. The van der Waals surface area contributed by atoms with E-state index in [0.717, 1.165) is 68.0 Å². The van der Waals surface area contributed by atoms with E-state index in [2.05, 4.69) is 18.4 Å². The highest BCUT2D eigenvalue weighted by molar-refractivity contribution is 5.87. The number of amides is 1. The number of aryl methyl sites for hydroxylation is 1. The second-order valence-electron chi connectivity index (χ2n) is 7.36. The minimum Gasteiger partial charge on any atom is -0.355 e. The third kappa shape index (κ3) is 2.96. The number of fused-ring (bicyclic) bond motifs is 1. The van der Waals surface area contributed by atoms with Crippen molar-refractivity contribution in [2.24, 2.45) is 5.73 Å². The Hall–Kier alpha value is -2.41. The van der Waals surface area contributed by atoms with Gasteiger partial charge in [0, 0.05) is 43.5 Å². The Kier molecular flexibility index (Phi) is 4.40. The highest BCUT2D eigenvalue weighted by Gasteiger charge is 2.29. The second-order valence-corrected chi connectivity index (χ2v) is 7.36. The van der Waals surface area contributed by atoms with Gasteiger partial charge in [0.1, 0.15) is 5.82 Å². The fourth-order valence-corrected chi connectivity index (χ4v) is 4.10. The van der Waals surface area contributed by atoms with Crippen LogP contribution in [-0.2, 0) is 4.79 Å². The lowest BCUT2D eigenvalue weighted by atomic mass is 9.99. The smallest absolute Gasteiger partial charge is 0.246 e. The summed E-state index contributed by atoms with van der Waals surface area (Å²) in [6, 6.07) is 2.23. The Morgan fingerprint density at radius 2 is 2.19 bits per heavy atom. The second kappa shape index (κ2) is 6.72. The van der Waals surface area contributed by atoms with Gasteiger partial charge in [0.25, 0.3) is 0 Å². The molecule has 4 rings (SSSR count). The molecule has 7 nitrogen and oxygen atoms in total. The van der Waals surface area contributed by atoms with E-state index < -0.39 is 0 Å². The molecule has 1 amide bonds. The average molecular weight is 354 g/mol. The van der Waals surface area contributed by atoms with Gasteiger partial charge >= 0.3 is 0 Å². The lowest BCUT2D eigenvalue weighted by Gasteiger charge is -2.33. The maximum atomic E-state index is 12.2. The number of likely N-dealkylation sites (tertiary alicyclic amines) is 1. The molecule has 2 aliphatic heterocycles. The van der Waals surface area contributed by atoms with Crippen LogP contribution in [0, 0.1) is 6.92 Å². The molecule has 2 unspecified atom stereocenters. The Morgan fingerprint density at radius 1 is 1.35 bits per heavy atom. The van der Waals surface area contributed by atoms with E-state index in [-0.39, 0.29) is 18.0 Å². The van der Waals surface area contributed by atoms with Crippen LogP contribution >= 0.6 is 0 Å². The lowest BCUT2D eigenvalue weighted by molar-refractivity contribution is -0.129. The van der Waals surface area contributed by atoms with Gasteiger partial charge in [-0.1, -0.05) is 6.58 Å². The van der Waals surface area contributed by atoms with E-state index in [1.807, 2.05) is 21.7 Å². The molecule has 0 saturated carbocycles. The van der Waals surface area contributed by atoms with Gasteiger partial charge in [0.2, 0.25) is 5.91 Å². The maximum absolute atomic E-state index is 12.2. The van der Waals surface area contributed by atoms with Crippen molar-refractivity contribution < 1.29 is 4.79 Å². The summed E-state index contributed by atoms with van der Waals surface area (Å²) in [5.74, 6) is 0.960. The van der Waals surface area contributed by atoms with Crippen LogP contribution in [0.15, 0.2) is 24.9 Å². The normalized spacial score (nSPS) is 23.6. The molecule has 4 heterocycles. The first-order chi connectivity index (χ1) is 12.6. The fourth-order valence-electron chi connectivity index (χ4n) is 4.10. The van der Waals surface area contributed by atoms with Gasteiger partial charge < -0.3 is 15.5 Å². The van der Waals surface area contributed by atoms with Crippen molar-refractivity contribution in [1.82, 2.24) is 19.5 Å². The van der Waals surface area contributed by atoms with Crippen molar-refractivity contribution in [3.8, 4) is 0 Å². The minimum absolute atomic E-state index is 0.0000787. The molecule has 2 aromatic rings. The Balaban J connectivity index is 1.68. The number of nitrogens with two attached hydrogens (primary N) is 1. The third-order valence-electron chi connectivity index (χ3n) is 5.45. The molecule has 2 atom stereocenters. The van der Waals surface area contributed by atoms with E-state index in [0.29, 0.717) is 0 Å². The van der Waals surface area contributed by atoms with E-state index in [4.69, 9.17) is 15.8 Å². The Bertz CT molecular complexity index is 844. The average Bonchev–Trinajstić information content (AvgIpc) is 3.26. The highest BCUT2D eigenvalue weighted by atomic mass is 16.2. The van der Waals surface area contributed by atoms with Gasteiger partial charge in [-0.15, -0.1) is 0 Å². The van der Waals surface area contributed by atoms with E-state index in [9.17, 15) is 4.79 Å². The molecule has 2 fully saturated rings. The van der Waals surface area contributed by atoms with Crippen molar-refractivity contribution >= 4 is 17.4 Å². The van der Waals surface area contributed by atoms with Gasteiger partial charge in [0.05, 0.1) is 11.7 Å². The fraction of sp³-hybridized carbons (Fsp3) is 0.526. The summed E-state index contributed by atoms with van der Waals surface area (Å²) >= 11 is 0. The number of rotatable bonds is 3. The summed E-state index contributed by atoms with van der Waals surface area (Å²) in [7, 11) is 0. The summed E-state index contributed by atoms with van der Waals surface area (Å²) in [4.78, 5) is 21.2. The van der Waals surface area contributed by atoms with Crippen molar-refractivity contribution in [2.45, 2.75) is 44.7 Å². The number of nitrogens with zero attached hydrogens (tertiary/aromatic N) is 5. The van der Waals surface area contributed by atoms with Crippen LogP contribution in [0.5, 0.6) is 0 Å². The Labute approximate surface area is 153 Å². The van der Waals surface area contributed by atoms with Gasteiger partial charge in [-0.2, -0.15) is 5.10 Å². The molecule has 0 radical (unpaired) electrons. The van der Waals surface area contributed by atoms with Crippen LogP contribution < -0.4 is 10.6 Å². The van der Waals surface area contributed by atoms with E-state index in [1.54, 1.807) is 0 Å². The predicted molar refractivity (Wildman–Crippen MR) is 101 cm³/mol. The van der Waals surface area contributed by atoms with Gasteiger partial charge in [-0.25, -0.2) is 9.50 Å². The first kappa shape index (κ1) is 17.0. The molecule has 26 heavy (non-hydrogen) atoms. The van der Waals surface area contributed by atoms with Crippen LogP contribution in [0.1, 0.15) is 43.0 Å². The van der Waals surface area contributed by atoms with Crippen LogP contribution in [-0.4, -0.2) is 51.1 Å². The highest BCUT2D eigenvalue weighted by Crippen LogP contribution is 2.31. The molecule has 0 aromatic carbocycles. The molecule has 2 aliphatic rings. The largest absolute Gasteiger partial charge is 0.355 e. The zero-order valence-corrected chi connectivity index (χ0v) is 15.3. The van der Waals surface area contributed by atoms with Gasteiger partial charge in [0.15, 0.2) is 5.65 Å². The van der Waals surface area contributed by atoms with Crippen molar-refractivity contribution in [3.05, 3.63) is 36.2 Å². The molecule has 2 aromatic heterocycles. The topological polar surface area (TPSA) is 79.8 Å². The lowest BCUT2D eigenvalue weighted by Crippen LogP contribution is -2.37. The molecule has 0 spiro atoms. The van der Waals surface area contributed by atoms with E-state index in [1.165, 1.54) is 6.08 Å². The molecular formula is C19H26N6O. The molecule has 138 valence electrons. The number of hydrogen-bond donors (Lipinski definition) is 1. The van der Waals surface area contributed by atoms with Gasteiger partial charge in [-0.3, -0.25) is 4.79 Å². The summed E-state index contributed by atoms with van der Waals surface area (Å²) in [6.45, 7) is 8.23. The first-order valence-electron chi connectivity index (χ1n) is 9.37. The van der Waals surface area contributed by atoms with Crippen LogP contribution in [0.3, 0.4) is 0 Å². The number of carbonyl (C=O) groups is 1. The minimum atomic E-state index is -0.0253. The first-order valence-corrected chi connectivity index (χ1v) is 9.37. The predicted octanol–water partition coefficient (Wildman–Crippen LogP) is 1.81. The molecule has 2 N–H and O–H groups in total. The number of anilines is 1. The maximum Gasteiger partial charge on any atom is 0.246 e. The summed E-state index contributed by atoms with van der Waals surface area (Å²) in [6.07, 6.45) is 7.47. The van der Waals surface area contributed by atoms with Crippen LogP contribution in [0.2, 0.25) is 0 Å². The zero-order chi connectivity index (χ0) is 18.3. The molecule has 7 heteroatoms. The number of aromatic nitrogens is 3. The molecule has 0 aliphatic carbocycles. The van der Waals surface area contributed by atoms with E-state index >= 15 is 0 Å². The number of carbonyl (C=O) groups excluding carboxylic acids is 1. The SMILES string of the molecule is C=CC(=O)N1CCCCC1c1cc2nc(N3CCC(N)C3)c(C)cn2n1. The summed E-state index contributed by atoms with van der Waals surface area (Å²) in [5.41, 5.74) is 8.86. The third-order valence-corrected chi connectivity index (χ3v) is 5.45. The monoisotopic (exact) mass is 354 g/mol. The number of piperidine rings is 1. The molecule has 2 saturated heterocycles. The van der Waals surface area contributed by atoms with Crippen molar-refractivity contribution in [1.29, 1.82) is 0 Å². The molecule has 0 bridgehead atoms. The van der Waals surface area contributed by atoms with Crippen molar-refractivity contribution in [2.75, 3.05) is 24.5 Å². The quantitative estimate of drug-likeness (QED) is 0.851. The standard InChI is InChI=1S/C19H26N6O/c1-3-18(26)24-8-5-4-6-16(24)15-10-17-21-19(13(2)11-25(17)22-15)23-9-7-14(20)12-23/h3,10-11,14,16H,1,4-9,12,20H2,2H3. The summed E-state index contributed by atoms with van der Waals surface area (Å²) < 4.78 is 1.83. The van der Waals surface area contributed by atoms with Gasteiger partial charge in [-0.05, 0) is 38.7 Å². The molecular weight excluding hydrogens is 328 g/mol.